The maximum absolute atomic E-state index is 11.3. The number of aromatic nitrogens is 2. The van der Waals surface area contributed by atoms with Crippen molar-refractivity contribution in [1.82, 2.24) is 20.6 Å². The monoisotopic (exact) mass is 289 g/mol. The topological polar surface area (TPSA) is 85.0 Å². The van der Waals surface area contributed by atoms with Gasteiger partial charge in [-0.3, -0.25) is 20.3 Å². The number of nitrogens with one attached hydrogen (secondary N) is 2. The fourth-order valence-electron chi connectivity index (χ4n) is 2.87. The third-order valence-corrected chi connectivity index (χ3v) is 3.91. The Morgan fingerprint density at radius 2 is 2.33 bits per heavy atom. The maximum Gasteiger partial charge on any atom is 0.146 e. The molecule has 1 aliphatic rings. The van der Waals surface area contributed by atoms with E-state index in [4.69, 9.17) is 5.73 Å². The SMILES string of the molecule is CNNC(CN)C1CC(c2cn(C)nc2C)=CC=C1C=O. The highest BCUT2D eigenvalue weighted by molar-refractivity contribution is 5.80. The summed E-state index contributed by atoms with van der Waals surface area (Å²) in [7, 11) is 3.72. The largest absolute Gasteiger partial charge is 0.329 e. The van der Waals surface area contributed by atoms with Gasteiger partial charge in [-0.15, -0.1) is 0 Å². The van der Waals surface area contributed by atoms with Crippen LogP contribution in [0.5, 0.6) is 0 Å². The molecule has 0 radical (unpaired) electrons. The molecule has 0 aliphatic heterocycles. The second-order valence-corrected chi connectivity index (χ2v) is 5.33. The zero-order valence-electron chi connectivity index (χ0n) is 12.8. The van der Waals surface area contributed by atoms with Crippen LogP contribution < -0.4 is 16.6 Å². The number of aldehydes is 1. The highest BCUT2D eigenvalue weighted by Gasteiger charge is 2.28. The number of allylic oxidation sites excluding steroid dienone is 3. The van der Waals surface area contributed by atoms with Crippen molar-refractivity contribution in [3.8, 4) is 0 Å². The van der Waals surface area contributed by atoms with Crippen LogP contribution in [0.25, 0.3) is 5.57 Å². The minimum Gasteiger partial charge on any atom is -0.329 e. The van der Waals surface area contributed by atoms with Crippen LogP contribution in [0, 0.1) is 12.8 Å². The molecule has 6 nitrogen and oxygen atoms in total. The number of nitrogens with two attached hydrogens (primary N) is 1. The van der Waals surface area contributed by atoms with Gasteiger partial charge >= 0.3 is 0 Å². The summed E-state index contributed by atoms with van der Waals surface area (Å²) in [6.07, 6.45) is 7.61. The minimum absolute atomic E-state index is 0.00660. The molecule has 1 aromatic rings. The number of hydrogen-bond donors (Lipinski definition) is 3. The van der Waals surface area contributed by atoms with Crippen LogP contribution in [0.4, 0.5) is 0 Å². The summed E-state index contributed by atoms with van der Waals surface area (Å²) in [4.78, 5) is 11.3. The smallest absolute Gasteiger partial charge is 0.146 e. The Balaban J connectivity index is 2.31. The molecule has 2 unspecified atom stereocenters. The van der Waals surface area contributed by atoms with Crippen molar-refractivity contribution < 1.29 is 4.79 Å². The summed E-state index contributed by atoms with van der Waals surface area (Å²) in [5, 5.41) is 4.38. The Hall–Kier alpha value is -1.76. The molecule has 1 heterocycles. The standard InChI is InChI=1S/C15H23N5O/c1-10-14(8-20(3)19-10)11-4-5-12(9-21)13(6-11)15(7-16)18-17-2/h4-5,8-9,13,15,17-18H,6-7,16H2,1-3H3. The number of carbonyl (C=O) groups is 1. The molecule has 0 saturated heterocycles. The van der Waals surface area contributed by atoms with E-state index in [2.05, 4.69) is 16.0 Å². The molecule has 21 heavy (non-hydrogen) atoms. The van der Waals surface area contributed by atoms with Gasteiger partial charge in [0, 0.05) is 37.3 Å². The van der Waals surface area contributed by atoms with E-state index in [1.165, 1.54) is 5.57 Å². The normalized spacial score (nSPS) is 19.9. The van der Waals surface area contributed by atoms with Crippen molar-refractivity contribution in [2.75, 3.05) is 13.6 Å². The molecular formula is C15H23N5O. The molecule has 114 valence electrons. The van der Waals surface area contributed by atoms with Crippen LogP contribution in [0.15, 0.2) is 23.9 Å². The van der Waals surface area contributed by atoms with Crippen LogP contribution >= 0.6 is 0 Å². The second-order valence-electron chi connectivity index (χ2n) is 5.33. The van der Waals surface area contributed by atoms with Crippen LogP contribution in [-0.4, -0.2) is 35.7 Å². The lowest BCUT2D eigenvalue weighted by Crippen LogP contribution is -2.48. The van der Waals surface area contributed by atoms with Gasteiger partial charge in [0.05, 0.1) is 5.69 Å². The van der Waals surface area contributed by atoms with Gasteiger partial charge in [-0.1, -0.05) is 12.2 Å². The Morgan fingerprint density at radius 3 is 2.86 bits per heavy atom. The summed E-state index contributed by atoms with van der Waals surface area (Å²) in [5.74, 6) is 0.0551. The van der Waals surface area contributed by atoms with E-state index in [0.29, 0.717) is 6.54 Å². The third kappa shape index (κ3) is 3.29. The van der Waals surface area contributed by atoms with Crippen molar-refractivity contribution in [1.29, 1.82) is 0 Å². The number of hydrogen-bond acceptors (Lipinski definition) is 5. The lowest BCUT2D eigenvalue weighted by Gasteiger charge is -2.30. The lowest BCUT2D eigenvalue weighted by molar-refractivity contribution is -0.105. The highest BCUT2D eigenvalue weighted by atomic mass is 16.1. The van der Waals surface area contributed by atoms with Crippen LogP contribution in [0.1, 0.15) is 17.7 Å². The Bertz CT molecular complexity index is 573. The molecule has 2 atom stereocenters. The zero-order chi connectivity index (χ0) is 15.4. The van der Waals surface area contributed by atoms with E-state index in [-0.39, 0.29) is 12.0 Å². The predicted octanol–water partition coefficient (Wildman–Crippen LogP) is 0.308. The summed E-state index contributed by atoms with van der Waals surface area (Å²) < 4.78 is 1.81. The third-order valence-electron chi connectivity index (χ3n) is 3.91. The highest BCUT2D eigenvalue weighted by Crippen LogP contribution is 2.33. The number of carbonyl (C=O) groups excluding carboxylic acids is 1. The Labute approximate surface area is 125 Å². The fraction of sp³-hybridized carbons (Fsp3) is 0.467. The number of aryl methyl sites for hydroxylation is 2. The van der Waals surface area contributed by atoms with Gasteiger partial charge in [0.2, 0.25) is 0 Å². The number of hydrazine groups is 1. The van der Waals surface area contributed by atoms with Gasteiger partial charge in [0.15, 0.2) is 0 Å². The van der Waals surface area contributed by atoms with Gasteiger partial charge in [-0.05, 0) is 31.5 Å². The molecule has 0 bridgehead atoms. The summed E-state index contributed by atoms with van der Waals surface area (Å²) in [6.45, 7) is 2.45. The van der Waals surface area contributed by atoms with Crippen molar-refractivity contribution in [2.45, 2.75) is 19.4 Å². The first-order valence-corrected chi connectivity index (χ1v) is 7.09. The average Bonchev–Trinajstić information content (AvgIpc) is 2.83. The second kappa shape index (κ2) is 6.80. The molecule has 0 aromatic carbocycles. The van der Waals surface area contributed by atoms with E-state index in [9.17, 15) is 4.79 Å². The van der Waals surface area contributed by atoms with Crippen molar-refractivity contribution in [3.63, 3.8) is 0 Å². The van der Waals surface area contributed by atoms with Crippen LogP contribution in [-0.2, 0) is 11.8 Å². The van der Waals surface area contributed by atoms with Crippen LogP contribution in [0.2, 0.25) is 0 Å². The van der Waals surface area contributed by atoms with E-state index in [0.717, 1.165) is 29.5 Å². The first-order valence-electron chi connectivity index (χ1n) is 7.09. The molecule has 0 spiro atoms. The molecule has 4 N–H and O–H groups in total. The molecule has 0 saturated carbocycles. The predicted molar refractivity (Wildman–Crippen MR) is 83.2 cm³/mol. The average molecular weight is 289 g/mol. The molecule has 0 fully saturated rings. The molecular weight excluding hydrogens is 266 g/mol. The first kappa shape index (κ1) is 15.6. The number of rotatable bonds is 6. The summed E-state index contributed by atoms with van der Waals surface area (Å²) >= 11 is 0. The Kier molecular flexibility index (Phi) is 5.06. The molecule has 1 aliphatic carbocycles. The first-order chi connectivity index (χ1) is 10.1. The van der Waals surface area contributed by atoms with Gasteiger partial charge in [-0.25, -0.2) is 0 Å². The van der Waals surface area contributed by atoms with Crippen LogP contribution in [0.3, 0.4) is 0 Å². The van der Waals surface area contributed by atoms with Crippen molar-refractivity contribution in [3.05, 3.63) is 35.2 Å². The maximum atomic E-state index is 11.3. The summed E-state index contributed by atoms with van der Waals surface area (Å²) in [6, 6.07) is 0.00660. The van der Waals surface area contributed by atoms with Gasteiger partial charge in [0.25, 0.3) is 0 Å². The fourth-order valence-corrected chi connectivity index (χ4v) is 2.87. The minimum atomic E-state index is 0.00660. The molecule has 6 heteroatoms. The number of nitrogens with zero attached hydrogens (tertiary/aromatic N) is 2. The Morgan fingerprint density at radius 1 is 1.57 bits per heavy atom. The molecule has 0 amide bonds. The van der Waals surface area contributed by atoms with E-state index >= 15 is 0 Å². The van der Waals surface area contributed by atoms with E-state index in [1.54, 1.807) is 7.05 Å². The van der Waals surface area contributed by atoms with Gasteiger partial charge in [0.1, 0.15) is 6.29 Å². The van der Waals surface area contributed by atoms with E-state index < -0.39 is 0 Å². The summed E-state index contributed by atoms with van der Waals surface area (Å²) in [5.41, 5.74) is 16.0. The zero-order valence-corrected chi connectivity index (χ0v) is 12.8. The van der Waals surface area contributed by atoms with Crippen molar-refractivity contribution >= 4 is 11.9 Å². The van der Waals surface area contributed by atoms with Gasteiger partial charge < -0.3 is 5.73 Å². The molecule has 2 rings (SSSR count). The van der Waals surface area contributed by atoms with Gasteiger partial charge in [-0.2, -0.15) is 5.10 Å². The molecule has 1 aromatic heterocycles. The van der Waals surface area contributed by atoms with Crippen molar-refractivity contribution in [2.24, 2.45) is 18.7 Å². The van der Waals surface area contributed by atoms with E-state index in [1.807, 2.05) is 37.0 Å². The lowest BCUT2D eigenvalue weighted by atomic mass is 9.80. The quantitative estimate of drug-likeness (QED) is 0.518.